The molecule has 1 aliphatic rings. The highest BCUT2D eigenvalue weighted by Gasteiger charge is 2.48. The minimum atomic E-state index is -0.867. The molecule has 1 aliphatic heterocycles. The molecule has 9 heteroatoms. The zero-order valence-electron chi connectivity index (χ0n) is 21.0. The van der Waals surface area contributed by atoms with Gasteiger partial charge in [0.1, 0.15) is 17.1 Å². The molecule has 0 bridgehead atoms. The lowest BCUT2D eigenvalue weighted by Crippen LogP contribution is -2.29. The minimum absolute atomic E-state index is 0.0142. The summed E-state index contributed by atoms with van der Waals surface area (Å²) in [6.45, 7) is 6.19. The summed E-state index contributed by atoms with van der Waals surface area (Å²) in [5.41, 5.74) is 3.89. The van der Waals surface area contributed by atoms with Gasteiger partial charge >= 0.3 is 5.91 Å². The van der Waals surface area contributed by atoms with E-state index in [0.717, 1.165) is 10.3 Å². The number of hydrogen-bond acceptors (Lipinski definition) is 7. The number of imidazole rings is 1. The minimum Gasteiger partial charge on any atom is -0.505 e. The van der Waals surface area contributed by atoms with Crippen LogP contribution in [0, 0.1) is 13.8 Å². The van der Waals surface area contributed by atoms with Crippen LogP contribution in [0.4, 0.5) is 5.13 Å². The number of carbonyl (C=O) groups is 2. The van der Waals surface area contributed by atoms with E-state index in [1.165, 1.54) is 16.2 Å². The molecule has 190 valence electrons. The van der Waals surface area contributed by atoms with Gasteiger partial charge in [-0.2, -0.15) is 0 Å². The first-order valence-corrected chi connectivity index (χ1v) is 13.0. The fraction of sp³-hybridized carbons (Fsp3) is 0.172. The number of aryl methyl sites for hydroxylation is 2. The maximum Gasteiger partial charge on any atom is 0.301 e. The van der Waals surface area contributed by atoms with Crippen molar-refractivity contribution in [3.8, 4) is 5.75 Å². The maximum absolute atomic E-state index is 13.5. The van der Waals surface area contributed by atoms with E-state index in [2.05, 4.69) is 9.97 Å². The third-order valence-electron chi connectivity index (χ3n) is 6.73. The average Bonchev–Trinajstić information content (AvgIpc) is 3.57. The van der Waals surface area contributed by atoms with E-state index in [9.17, 15) is 14.7 Å². The van der Waals surface area contributed by atoms with E-state index in [0.29, 0.717) is 39.9 Å². The van der Waals surface area contributed by atoms with E-state index < -0.39 is 17.7 Å². The Morgan fingerprint density at radius 1 is 1.05 bits per heavy atom. The first kappa shape index (κ1) is 23.9. The Bertz CT molecular complexity index is 1770. The van der Waals surface area contributed by atoms with Crippen molar-refractivity contribution < 1.29 is 19.4 Å². The Hall–Kier alpha value is -4.50. The summed E-state index contributed by atoms with van der Waals surface area (Å²) in [7, 11) is 0. The van der Waals surface area contributed by atoms with Crippen LogP contribution >= 0.6 is 11.3 Å². The molecule has 0 aliphatic carbocycles. The molecule has 5 aromatic rings. The highest BCUT2D eigenvalue weighted by molar-refractivity contribution is 7.22. The molecule has 0 radical (unpaired) electrons. The summed E-state index contributed by atoms with van der Waals surface area (Å²) in [5.74, 6) is -1.13. The number of aliphatic hydroxyl groups is 1. The molecule has 2 aromatic carbocycles. The lowest BCUT2D eigenvalue weighted by atomic mass is 9.96. The number of Topliss-reactive ketones (excluding diaryl/α,β-unsaturated/α-hetero) is 1. The van der Waals surface area contributed by atoms with Crippen LogP contribution < -0.4 is 9.64 Å². The molecule has 0 saturated carbocycles. The molecule has 3 aromatic heterocycles. The number of pyridine rings is 1. The summed E-state index contributed by atoms with van der Waals surface area (Å²) in [4.78, 5) is 37.8. The van der Waals surface area contributed by atoms with Gasteiger partial charge in [0, 0.05) is 6.20 Å². The van der Waals surface area contributed by atoms with Crippen molar-refractivity contribution in [2.24, 2.45) is 0 Å². The van der Waals surface area contributed by atoms with Gasteiger partial charge in [0.15, 0.2) is 10.9 Å². The first-order valence-electron chi connectivity index (χ1n) is 12.2. The van der Waals surface area contributed by atoms with E-state index in [1.807, 2.05) is 92.0 Å². The van der Waals surface area contributed by atoms with Crippen molar-refractivity contribution >= 4 is 49.8 Å². The van der Waals surface area contributed by atoms with Crippen molar-refractivity contribution in [2.45, 2.75) is 26.8 Å². The maximum atomic E-state index is 13.5. The number of ketones is 1. The van der Waals surface area contributed by atoms with Gasteiger partial charge in [-0.25, -0.2) is 9.97 Å². The topological polar surface area (TPSA) is 97.0 Å². The van der Waals surface area contributed by atoms with Gasteiger partial charge in [-0.05, 0) is 56.2 Å². The number of aromatic nitrogens is 3. The number of aliphatic hydroxyl groups excluding tert-OH is 1. The van der Waals surface area contributed by atoms with E-state index >= 15 is 0 Å². The Labute approximate surface area is 222 Å². The monoisotopic (exact) mass is 524 g/mol. The third-order valence-corrected chi connectivity index (χ3v) is 7.75. The summed E-state index contributed by atoms with van der Waals surface area (Å²) in [6, 6.07) is 17.7. The molecule has 6 rings (SSSR count). The summed E-state index contributed by atoms with van der Waals surface area (Å²) >= 11 is 1.30. The number of carbonyl (C=O) groups excluding carboxylic acids is 2. The zero-order chi connectivity index (χ0) is 26.6. The third kappa shape index (κ3) is 3.66. The molecule has 0 spiro atoms. The fourth-order valence-corrected chi connectivity index (χ4v) is 5.93. The van der Waals surface area contributed by atoms with Gasteiger partial charge in [-0.1, -0.05) is 47.7 Å². The Morgan fingerprint density at radius 3 is 2.58 bits per heavy atom. The van der Waals surface area contributed by atoms with Crippen LogP contribution in [0.2, 0.25) is 0 Å². The smallest absolute Gasteiger partial charge is 0.301 e. The average molecular weight is 525 g/mol. The van der Waals surface area contributed by atoms with Crippen molar-refractivity contribution in [2.75, 3.05) is 11.5 Å². The van der Waals surface area contributed by atoms with Crippen molar-refractivity contribution in [1.29, 1.82) is 0 Å². The zero-order valence-corrected chi connectivity index (χ0v) is 21.8. The number of benzene rings is 2. The molecule has 4 heterocycles. The fourth-order valence-electron chi connectivity index (χ4n) is 4.91. The van der Waals surface area contributed by atoms with Crippen molar-refractivity contribution in [3.05, 3.63) is 94.9 Å². The highest BCUT2D eigenvalue weighted by Crippen LogP contribution is 2.44. The van der Waals surface area contributed by atoms with Crippen LogP contribution in [0.1, 0.15) is 35.5 Å². The predicted molar refractivity (Wildman–Crippen MR) is 147 cm³/mol. The highest BCUT2D eigenvalue weighted by atomic mass is 32.1. The van der Waals surface area contributed by atoms with Crippen LogP contribution in [0.25, 0.3) is 21.6 Å². The summed E-state index contributed by atoms with van der Waals surface area (Å²) < 4.78 is 8.30. The lowest BCUT2D eigenvalue weighted by Gasteiger charge is -2.22. The molecule has 1 unspecified atom stereocenters. The van der Waals surface area contributed by atoms with Crippen LogP contribution in [-0.2, 0) is 9.59 Å². The largest absolute Gasteiger partial charge is 0.505 e. The number of fused-ring (bicyclic) bond motifs is 2. The normalized spacial score (nSPS) is 17.1. The quantitative estimate of drug-likeness (QED) is 0.183. The summed E-state index contributed by atoms with van der Waals surface area (Å²) in [5, 5.41) is 12.0. The second kappa shape index (κ2) is 9.11. The Balaban J connectivity index is 1.55. The van der Waals surface area contributed by atoms with Crippen LogP contribution in [0.5, 0.6) is 5.75 Å². The molecule has 1 amide bonds. The second-order valence-electron chi connectivity index (χ2n) is 9.07. The van der Waals surface area contributed by atoms with E-state index in [-0.39, 0.29) is 17.0 Å². The number of hydrogen-bond donors (Lipinski definition) is 1. The van der Waals surface area contributed by atoms with Crippen LogP contribution in [0.3, 0.4) is 0 Å². The molecule has 1 N–H and O–H groups in total. The molecule has 1 saturated heterocycles. The van der Waals surface area contributed by atoms with Gasteiger partial charge < -0.3 is 14.2 Å². The van der Waals surface area contributed by atoms with Gasteiger partial charge in [0.25, 0.3) is 5.78 Å². The number of nitrogens with zero attached hydrogens (tertiary/aromatic N) is 4. The van der Waals surface area contributed by atoms with E-state index in [1.54, 1.807) is 0 Å². The number of ether oxygens (including phenoxy) is 1. The van der Waals surface area contributed by atoms with Crippen molar-refractivity contribution in [3.63, 3.8) is 0 Å². The van der Waals surface area contributed by atoms with Gasteiger partial charge in [0.2, 0.25) is 0 Å². The lowest BCUT2D eigenvalue weighted by molar-refractivity contribution is -0.132. The number of anilines is 1. The van der Waals surface area contributed by atoms with Crippen LogP contribution in [-0.4, -0.2) is 37.8 Å². The molecular formula is C29H24N4O4S. The molecule has 1 atom stereocenters. The molecule has 1 fully saturated rings. The van der Waals surface area contributed by atoms with E-state index in [4.69, 9.17) is 4.74 Å². The molecule has 8 nitrogen and oxygen atoms in total. The van der Waals surface area contributed by atoms with Gasteiger partial charge in [-0.3, -0.25) is 14.5 Å². The number of rotatable bonds is 5. The van der Waals surface area contributed by atoms with Crippen LogP contribution in [0.15, 0.2) is 72.4 Å². The standard InChI is InChI=1S/C29H24N4O4S/c1-4-37-19-12-13-20-21(15-19)38-29(30-20)33-24(18-10-6-5-7-11-18)22(26(35)28(33)36)25(34)23-17(3)32-14-8-9-16(2)27(32)31-23/h5-15,24,34H,4H2,1-3H3. The Morgan fingerprint density at radius 2 is 1.84 bits per heavy atom. The van der Waals surface area contributed by atoms with Gasteiger partial charge in [0.05, 0.1) is 34.1 Å². The molecule has 38 heavy (non-hydrogen) atoms. The molecular weight excluding hydrogens is 500 g/mol. The summed E-state index contributed by atoms with van der Waals surface area (Å²) in [6.07, 6.45) is 1.85. The second-order valence-corrected chi connectivity index (χ2v) is 10.1. The number of thiazole rings is 1. The van der Waals surface area contributed by atoms with Crippen molar-refractivity contribution in [1.82, 2.24) is 14.4 Å². The Kier molecular flexibility index (Phi) is 5.72. The SMILES string of the molecule is CCOc1ccc2nc(N3C(=O)C(=O)C(=C(O)c4nc5c(C)cccn5c4C)C3c3ccccc3)sc2c1. The first-order chi connectivity index (χ1) is 18.4. The predicted octanol–water partition coefficient (Wildman–Crippen LogP) is 5.59. The van der Waals surface area contributed by atoms with Gasteiger partial charge in [-0.15, -0.1) is 0 Å². The number of amides is 1.